The summed E-state index contributed by atoms with van der Waals surface area (Å²) in [5, 5.41) is 3.22. The summed E-state index contributed by atoms with van der Waals surface area (Å²) in [5.74, 6) is 0.372. The zero-order valence-corrected chi connectivity index (χ0v) is 17.9. The minimum atomic E-state index is -3.99. The lowest BCUT2D eigenvalue weighted by Crippen LogP contribution is -2.45. The molecule has 152 valence electrons. The Balaban J connectivity index is 2.41. The lowest BCUT2D eigenvalue weighted by atomic mass is 10.1. The van der Waals surface area contributed by atoms with Crippen LogP contribution < -0.4 is 14.4 Å². The predicted molar refractivity (Wildman–Crippen MR) is 111 cm³/mol. The maximum atomic E-state index is 13.3. The first-order valence-electron chi connectivity index (χ1n) is 8.87. The van der Waals surface area contributed by atoms with Crippen molar-refractivity contribution in [1.29, 1.82) is 0 Å². The molecule has 0 saturated carbocycles. The zero-order chi connectivity index (χ0) is 20.9. The Morgan fingerprint density at radius 1 is 1.14 bits per heavy atom. The van der Waals surface area contributed by atoms with Gasteiger partial charge in [-0.3, -0.25) is 9.10 Å². The molecule has 28 heavy (non-hydrogen) atoms. The molecule has 0 fully saturated rings. The first-order valence-corrected chi connectivity index (χ1v) is 10.7. The Bertz CT molecular complexity index is 914. The molecule has 1 N–H and O–H groups in total. The van der Waals surface area contributed by atoms with Gasteiger partial charge in [0.2, 0.25) is 5.91 Å². The molecule has 0 aliphatic rings. The minimum Gasteiger partial charge on any atom is -0.497 e. The predicted octanol–water partition coefficient (Wildman–Crippen LogP) is 3.70. The Hall–Kier alpha value is -2.25. The third kappa shape index (κ3) is 5.39. The molecule has 8 heteroatoms. The summed E-state index contributed by atoms with van der Waals surface area (Å²) < 4.78 is 32.7. The average Bonchev–Trinajstić information content (AvgIpc) is 2.65. The number of carbonyl (C=O) groups excluding carboxylic acids is 1. The van der Waals surface area contributed by atoms with E-state index in [1.54, 1.807) is 30.3 Å². The van der Waals surface area contributed by atoms with Gasteiger partial charge in [-0.05, 0) is 55.3 Å². The molecule has 2 aromatic carbocycles. The molecule has 0 aliphatic heterocycles. The standard InChI is InChI=1S/C20H25ClN2O4S/c1-14(2)15(3)22-20(24)13-23(17-7-5-6-16(21)12-17)28(25,26)19-10-8-18(27-4)9-11-19/h5-12,14-15H,13H2,1-4H3,(H,22,24). The number of amides is 1. The van der Waals surface area contributed by atoms with Crippen LogP contribution in [0.5, 0.6) is 5.75 Å². The lowest BCUT2D eigenvalue weighted by molar-refractivity contribution is -0.120. The molecule has 2 aromatic rings. The fraction of sp³-hybridized carbons (Fsp3) is 0.350. The second-order valence-electron chi connectivity index (χ2n) is 6.77. The molecule has 0 saturated heterocycles. The number of sulfonamides is 1. The summed E-state index contributed by atoms with van der Waals surface area (Å²) in [4.78, 5) is 12.6. The third-order valence-corrected chi connectivity index (χ3v) is 6.44. The number of ether oxygens (including phenoxy) is 1. The van der Waals surface area contributed by atoms with E-state index in [0.717, 1.165) is 4.31 Å². The number of halogens is 1. The maximum Gasteiger partial charge on any atom is 0.264 e. The number of hydrogen-bond donors (Lipinski definition) is 1. The molecule has 0 aliphatic carbocycles. The number of rotatable bonds is 8. The Kier molecular flexibility index (Phi) is 7.32. The van der Waals surface area contributed by atoms with Crippen LogP contribution in [0.3, 0.4) is 0 Å². The van der Waals surface area contributed by atoms with E-state index < -0.39 is 15.9 Å². The first kappa shape index (κ1) is 22.0. The number of nitrogens with one attached hydrogen (secondary N) is 1. The number of carbonyl (C=O) groups is 1. The second-order valence-corrected chi connectivity index (χ2v) is 9.07. The lowest BCUT2D eigenvalue weighted by Gasteiger charge is -2.26. The summed E-state index contributed by atoms with van der Waals surface area (Å²) in [6, 6.07) is 12.3. The molecule has 1 unspecified atom stereocenters. The van der Waals surface area contributed by atoms with Crippen molar-refractivity contribution in [3.05, 3.63) is 53.6 Å². The SMILES string of the molecule is COc1ccc(S(=O)(=O)N(CC(=O)NC(C)C(C)C)c2cccc(Cl)c2)cc1. The van der Waals surface area contributed by atoms with Crippen LogP contribution in [0, 0.1) is 5.92 Å². The van der Waals surface area contributed by atoms with E-state index in [4.69, 9.17) is 16.3 Å². The van der Waals surface area contributed by atoms with Gasteiger partial charge in [-0.25, -0.2) is 8.42 Å². The van der Waals surface area contributed by atoms with Crippen molar-refractivity contribution in [3.8, 4) is 5.75 Å². The van der Waals surface area contributed by atoms with E-state index >= 15 is 0 Å². The van der Waals surface area contributed by atoms with Gasteiger partial charge in [-0.1, -0.05) is 31.5 Å². The molecular formula is C20H25ClN2O4S. The van der Waals surface area contributed by atoms with Crippen LogP contribution in [0.2, 0.25) is 5.02 Å². The van der Waals surface area contributed by atoms with Crippen molar-refractivity contribution in [2.45, 2.75) is 31.7 Å². The summed E-state index contributed by atoms with van der Waals surface area (Å²) in [7, 11) is -2.49. The Morgan fingerprint density at radius 2 is 1.79 bits per heavy atom. The number of hydrogen-bond acceptors (Lipinski definition) is 4. The summed E-state index contributed by atoms with van der Waals surface area (Å²) in [5.41, 5.74) is 0.315. The second kappa shape index (κ2) is 9.30. The van der Waals surface area contributed by atoms with Gasteiger partial charge < -0.3 is 10.1 Å². The van der Waals surface area contributed by atoms with Crippen LogP contribution in [-0.2, 0) is 14.8 Å². The highest BCUT2D eigenvalue weighted by Gasteiger charge is 2.28. The van der Waals surface area contributed by atoms with Gasteiger partial charge in [0.25, 0.3) is 10.0 Å². The van der Waals surface area contributed by atoms with Gasteiger partial charge in [0.05, 0.1) is 17.7 Å². The number of methoxy groups -OCH3 is 1. The van der Waals surface area contributed by atoms with E-state index in [1.165, 1.54) is 25.3 Å². The molecule has 1 amide bonds. The Labute approximate surface area is 171 Å². The number of benzene rings is 2. The summed E-state index contributed by atoms with van der Waals surface area (Å²) in [6.45, 7) is 5.48. The summed E-state index contributed by atoms with van der Waals surface area (Å²) >= 11 is 6.05. The number of anilines is 1. The Morgan fingerprint density at radius 3 is 2.32 bits per heavy atom. The highest BCUT2D eigenvalue weighted by molar-refractivity contribution is 7.92. The molecule has 0 radical (unpaired) electrons. The van der Waals surface area contributed by atoms with E-state index in [0.29, 0.717) is 16.5 Å². The van der Waals surface area contributed by atoms with Crippen LogP contribution in [0.4, 0.5) is 5.69 Å². The molecule has 2 rings (SSSR count). The third-order valence-electron chi connectivity index (χ3n) is 4.42. The highest BCUT2D eigenvalue weighted by Crippen LogP contribution is 2.27. The summed E-state index contributed by atoms with van der Waals surface area (Å²) in [6.07, 6.45) is 0. The van der Waals surface area contributed by atoms with Gasteiger partial charge in [0.1, 0.15) is 12.3 Å². The average molecular weight is 425 g/mol. The van der Waals surface area contributed by atoms with Crippen molar-refractivity contribution >= 4 is 33.2 Å². The topological polar surface area (TPSA) is 75.7 Å². The van der Waals surface area contributed by atoms with Crippen LogP contribution in [-0.4, -0.2) is 34.0 Å². The molecule has 0 heterocycles. The molecule has 1 atom stereocenters. The van der Waals surface area contributed by atoms with Gasteiger partial charge in [-0.15, -0.1) is 0 Å². The van der Waals surface area contributed by atoms with Crippen LogP contribution in [0.15, 0.2) is 53.4 Å². The largest absolute Gasteiger partial charge is 0.497 e. The normalized spacial score (nSPS) is 12.5. The minimum absolute atomic E-state index is 0.0537. The van der Waals surface area contributed by atoms with Gasteiger partial charge in [-0.2, -0.15) is 0 Å². The highest BCUT2D eigenvalue weighted by atomic mass is 35.5. The van der Waals surface area contributed by atoms with E-state index in [9.17, 15) is 13.2 Å². The molecular weight excluding hydrogens is 400 g/mol. The van der Waals surface area contributed by atoms with E-state index in [1.807, 2.05) is 20.8 Å². The van der Waals surface area contributed by atoms with Gasteiger partial charge >= 0.3 is 0 Å². The van der Waals surface area contributed by atoms with E-state index in [2.05, 4.69) is 5.32 Å². The fourth-order valence-corrected chi connectivity index (χ4v) is 4.02. The van der Waals surface area contributed by atoms with Crippen molar-refractivity contribution in [2.24, 2.45) is 5.92 Å². The first-order chi connectivity index (χ1) is 13.1. The quantitative estimate of drug-likeness (QED) is 0.700. The molecule has 6 nitrogen and oxygen atoms in total. The smallest absolute Gasteiger partial charge is 0.264 e. The number of nitrogens with zero attached hydrogens (tertiary/aromatic N) is 1. The van der Waals surface area contributed by atoms with Crippen molar-refractivity contribution in [2.75, 3.05) is 18.0 Å². The fourth-order valence-electron chi connectivity index (χ4n) is 2.42. The van der Waals surface area contributed by atoms with Crippen LogP contribution in [0.25, 0.3) is 0 Å². The van der Waals surface area contributed by atoms with Crippen LogP contribution in [0.1, 0.15) is 20.8 Å². The monoisotopic (exact) mass is 424 g/mol. The van der Waals surface area contributed by atoms with Gasteiger partial charge in [0.15, 0.2) is 0 Å². The van der Waals surface area contributed by atoms with Crippen LogP contribution >= 0.6 is 11.6 Å². The molecule has 0 bridgehead atoms. The van der Waals surface area contributed by atoms with E-state index in [-0.39, 0.29) is 23.4 Å². The van der Waals surface area contributed by atoms with Crippen molar-refractivity contribution < 1.29 is 17.9 Å². The van der Waals surface area contributed by atoms with Gasteiger partial charge in [0, 0.05) is 11.1 Å². The van der Waals surface area contributed by atoms with Crippen molar-refractivity contribution in [3.63, 3.8) is 0 Å². The maximum absolute atomic E-state index is 13.3. The molecule has 0 spiro atoms. The zero-order valence-electron chi connectivity index (χ0n) is 16.3. The van der Waals surface area contributed by atoms with Crippen molar-refractivity contribution in [1.82, 2.24) is 5.32 Å². The molecule has 0 aromatic heterocycles.